The Labute approximate surface area is 87.7 Å². The molecule has 1 unspecified atom stereocenters. The van der Waals surface area contributed by atoms with Gasteiger partial charge in [0.05, 0.1) is 0 Å². The second-order valence-corrected chi connectivity index (χ2v) is 3.65. The zero-order chi connectivity index (χ0) is 9.97. The summed E-state index contributed by atoms with van der Waals surface area (Å²) in [6.45, 7) is 0. The molecule has 4 heteroatoms. The van der Waals surface area contributed by atoms with Crippen molar-refractivity contribution in [3.05, 3.63) is 30.2 Å². The predicted molar refractivity (Wildman–Crippen MR) is 59.4 cm³/mol. The number of rotatable bonds is 3. The second kappa shape index (κ2) is 4.02. The van der Waals surface area contributed by atoms with E-state index in [4.69, 9.17) is 10.2 Å². The third-order valence-electron chi connectivity index (χ3n) is 2.22. The van der Waals surface area contributed by atoms with Gasteiger partial charge in [-0.05, 0) is 29.9 Å². The Bertz CT molecular complexity index is 427. The van der Waals surface area contributed by atoms with E-state index in [1.165, 1.54) is 6.39 Å². The highest BCUT2D eigenvalue weighted by Gasteiger charge is 2.07. The van der Waals surface area contributed by atoms with E-state index in [-0.39, 0.29) is 6.04 Å². The highest BCUT2D eigenvalue weighted by molar-refractivity contribution is 7.80. The summed E-state index contributed by atoms with van der Waals surface area (Å²) in [5.74, 6) is 0.787. The lowest BCUT2D eigenvalue weighted by molar-refractivity contribution is 0.600. The maximum absolute atomic E-state index is 5.95. The maximum Gasteiger partial charge on any atom is 0.181 e. The molecule has 0 aliphatic carbocycles. The van der Waals surface area contributed by atoms with E-state index >= 15 is 0 Å². The van der Waals surface area contributed by atoms with Gasteiger partial charge in [0.15, 0.2) is 12.0 Å². The fraction of sp³-hybridized carbons (Fsp3) is 0.300. The van der Waals surface area contributed by atoms with Crippen LogP contribution in [0.15, 0.2) is 29.0 Å². The highest BCUT2D eigenvalue weighted by atomic mass is 32.1. The molecule has 3 nitrogen and oxygen atoms in total. The molecule has 0 saturated heterocycles. The molecule has 2 N–H and O–H groups in total. The Morgan fingerprint density at radius 3 is 3.14 bits per heavy atom. The van der Waals surface area contributed by atoms with Gasteiger partial charge in [-0.15, -0.1) is 0 Å². The van der Waals surface area contributed by atoms with Gasteiger partial charge in [0.1, 0.15) is 5.52 Å². The van der Waals surface area contributed by atoms with Crippen molar-refractivity contribution in [3.63, 3.8) is 0 Å². The summed E-state index contributed by atoms with van der Waals surface area (Å²) in [5.41, 5.74) is 8.68. The van der Waals surface area contributed by atoms with Gasteiger partial charge in [-0.2, -0.15) is 12.6 Å². The second-order valence-electron chi connectivity index (χ2n) is 3.20. The predicted octanol–water partition coefficient (Wildman–Crippen LogP) is 2.15. The number of thiol groups is 1. The number of fused-ring (bicyclic) bond motifs is 1. The lowest BCUT2D eigenvalue weighted by Crippen LogP contribution is -2.10. The van der Waals surface area contributed by atoms with Crippen LogP contribution in [0.3, 0.4) is 0 Å². The molecule has 1 atom stereocenters. The molecule has 2 aromatic rings. The first-order valence-electron chi connectivity index (χ1n) is 4.51. The van der Waals surface area contributed by atoms with Gasteiger partial charge >= 0.3 is 0 Å². The summed E-state index contributed by atoms with van der Waals surface area (Å²) in [5, 5.41) is 0. The Hall–Kier alpha value is -1.00. The number of benzene rings is 1. The van der Waals surface area contributed by atoms with E-state index in [0.29, 0.717) is 0 Å². The lowest BCUT2D eigenvalue weighted by Gasteiger charge is -2.09. The van der Waals surface area contributed by atoms with Gasteiger partial charge in [-0.25, -0.2) is 4.98 Å². The number of hydrogen-bond donors (Lipinski definition) is 2. The average Bonchev–Trinajstić information content (AvgIpc) is 2.64. The van der Waals surface area contributed by atoms with Crippen molar-refractivity contribution in [2.24, 2.45) is 5.73 Å². The van der Waals surface area contributed by atoms with Crippen LogP contribution < -0.4 is 5.73 Å². The normalized spacial score (nSPS) is 13.3. The first-order valence-corrected chi connectivity index (χ1v) is 5.14. The summed E-state index contributed by atoms with van der Waals surface area (Å²) < 4.78 is 5.20. The lowest BCUT2D eigenvalue weighted by atomic mass is 10.1. The van der Waals surface area contributed by atoms with Crippen molar-refractivity contribution in [2.45, 2.75) is 12.5 Å². The van der Waals surface area contributed by atoms with Crippen molar-refractivity contribution in [2.75, 3.05) is 5.75 Å². The minimum atomic E-state index is 0.0296. The van der Waals surface area contributed by atoms with Gasteiger partial charge in [0.25, 0.3) is 0 Å². The number of hydrogen-bond acceptors (Lipinski definition) is 4. The SMILES string of the molecule is NC(CCS)c1ccc2ncoc2c1. The molecule has 0 spiro atoms. The summed E-state index contributed by atoms with van der Waals surface area (Å²) in [6, 6.07) is 5.88. The van der Waals surface area contributed by atoms with Crippen LogP contribution in [0.2, 0.25) is 0 Å². The maximum atomic E-state index is 5.95. The van der Waals surface area contributed by atoms with Crippen LogP contribution in [0.4, 0.5) is 0 Å². The van der Waals surface area contributed by atoms with E-state index in [2.05, 4.69) is 17.6 Å². The highest BCUT2D eigenvalue weighted by Crippen LogP contribution is 2.20. The Balaban J connectivity index is 2.33. The fourth-order valence-corrected chi connectivity index (χ4v) is 1.69. The van der Waals surface area contributed by atoms with Gasteiger partial charge in [0, 0.05) is 6.04 Å². The van der Waals surface area contributed by atoms with Gasteiger partial charge < -0.3 is 10.2 Å². The first-order chi connectivity index (χ1) is 6.81. The zero-order valence-electron chi connectivity index (χ0n) is 7.68. The van der Waals surface area contributed by atoms with Gasteiger partial charge in [0.2, 0.25) is 0 Å². The van der Waals surface area contributed by atoms with Gasteiger partial charge in [-0.3, -0.25) is 0 Å². The Morgan fingerprint density at radius 1 is 1.50 bits per heavy atom. The molecule has 0 radical (unpaired) electrons. The third kappa shape index (κ3) is 1.76. The molecular formula is C10H12N2OS. The molecule has 0 aliphatic rings. The quantitative estimate of drug-likeness (QED) is 0.760. The molecule has 1 heterocycles. The van der Waals surface area contributed by atoms with E-state index in [1.54, 1.807) is 0 Å². The number of oxazole rings is 1. The summed E-state index contributed by atoms with van der Waals surface area (Å²) in [6.07, 6.45) is 2.31. The van der Waals surface area contributed by atoms with Crippen molar-refractivity contribution in [3.8, 4) is 0 Å². The third-order valence-corrected chi connectivity index (χ3v) is 2.48. The van der Waals surface area contributed by atoms with Crippen molar-refractivity contribution < 1.29 is 4.42 Å². The smallest absolute Gasteiger partial charge is 0.181 e. The molecule has 0 aliphatic heterocycles. The van der Waals surface area contributed by atoms with Crippen LogP contribution in [-0.4, -0.2) is 10.7 Å². The number of nitrogens with zero attached hydrogens (tertiary/aromatic N) is 1. The molecule has 1 aromatic carbocycles. The van der Waals surface area contributed by atoms with E-state index < -0.39 is 0 Å². The van der Waals surface area contributed by atoms with E-state index in [1.807, 2.05) is 18.2 Å². The molecule has 74 valence electrons. The minimum Gasteiger partial charge on any atom is -0.443 e. The minimum absolute atomic E-state index is 0.0296. The standard InChI is InChI=1S/C10H12N2OS/c11-8(3-4-14)7-1-2-9-10(5-7)13-6-12-9/h1-2,5-6,8,14H,3-4,11H2. The van der Waals surface area contributed by atoms with E-state index in [0.717, 1.165) is 28.8 Å². The van der Waals surface area contributed by atoms with Crippen LogP contribution in [0.1, 0.15) is 18.0 Å². The van der Waals surface area contributed by atoms with Gasteiger partial charge in [-0.1, -0.05) is 6.07 Å². The van der Waals surface area contributed by atoms with Crippen LogP contribution in [0.5, 0.6) is 0 Å². The van der Waals surface area contributed by atoms with Crippen molar-refractivity contribution in [1.29, 1.82) is 0 Å². The number of nitrogens with two attached hydrogens (primary N) is 1. The molecule has 0 amide bonds. The van der Waals surface area contributed by atoms with Crippen LogP contribution in [-0.2, 0) is 0 Å². The fourth-order valence-electron chi connectivity index (χ4n) is 1.41. The number of aromatic nitrogens is 1. The molecule has 2 rings (SSSR count). The van der Waals surface area contributed by atoms with Crippen molar-refractivity contribution in [1.82, 2.24) is 4.98 Å². The Morgan fingerprint density at radius 2 is 2.36 bits per heavy atom. The largest absolute Gasteiger partial charge is 0.443 e. The van der Waals surface area contributed by atoms with E-state index in [9.17, 15) is 0 Å². The zero-order valence-corrected chi connectivity index (χ0v) is 8.58. The topological polar surface area (TPSA) is 52.0 Å². The monoisotopic (exact) mass is 208 g/mol. The van der Waals surface area contributed by atoms with Crippen LogP contribution >= 0.6 is 12.6 Å². The molecule has 1 aromatic heterocycles. The molecule has 0 fully saturated rings. The summed E-state index contributed by atoms with van der Waals surface area (Å²) >= 11 is 4.16. The molecule has 0 saturated carbocycles. The molecule has 14 heavy (non-hydrogen) atoms. The van der Waals surface area contributed by atoms with Crippen LogP contribution in [0, 0.1) is 0 Å². The molecule has 0 bridgehead atoms. The van der Waals surface area contributed by atoms with Crippen LogP contribution in [0.25, 0.3) is 11.1 Å². The summed E-state index contributed by atoms with van der Waals surface area (Å²) in [4.78, 5) is 4.04. The molecular weight excluding hydrogens is 196 g/mol. The average molecular weight is 208 g/mol. The Kier molecular flexibility index (Phi) is 2.74. The summed E-state index contributed by atoms with van der Waals surface area (Å²) in [7, 11) is 0. The first kappa shape index (κ1) is 9.55. The van der Waals surface area contributed by atoms with Crippen molar-refractivity contribution >= 4 is 23.7 Å².